The molecule has 0 bridgehead atoms. The molecule has 1 aliphatic rings. The minimum Gasteiger partial charge on any atom is -0.208 e. The van der Waals surface area contributed by atoms with E-state index in [0.717, 1.165) is 27.8 Å². The summed E-state index contributed by atoms with van der Waals surface area (Å²) in [4.78, 5) is 15.3. The molecule has 2 heterocycles. The van der Waals surface area contributed by atoms with Crippen molar-refractivity contribution >= 4 is 31.5 Å². The van der Waals surface area contributed by atoms with Crippen molar-refractivity contribution in [3.8, 4) is 56.4 Å². The third kappa shape index (κ3) is 5.07. The first-order valence-corrected chi connectivity index (χ1v) is 19.8. The second-order valence-electron chi connectivity index (χ2n) is 14.3. The van der Waals surface area contributed by atoms with Crippen molar-refractivity contribution in [3.05, 3.63) is 222 Å². The third-order valence-electron chi connectivity index (χ3n) is 11.2. The minimum atomic E-state index is -0.499. The van der Waals surface area contributed by atoms with E-state index in [0.29, 0.717) is 17.5 Å². The van der Waals surface area contributed by atoms with E-state index in [9.17, 15) is 0 Å². The Kier molecular flexibility index (Phi) is 7.58. The van der Waals surface area contributed by atoms with Gasteiger partial charge in [-0.3, -0.25) is 0 Å². The molecule has 2 aromatic heterocycles. The van der Waals surface area contributed by atoms with Crippen molar-refractivity contribution < 1.29 is 0 Å². The van der Waals surface area contributed by atoms with Gasteiger partial charge in [-0.15, -0.1) is 11.3 Å². The molecule has 8 aromatic carbocycles. The molecule has 10 aromatic rings. The highest BCUT2D eigenvalue weighted by molar-refractivity contribution is 7.26. The monoisotopic (exact) mass is 731 g/mol. The van der Waals surface area contributed by atoms with Gasteiger partial charge in [-0.2, -0.15) is 0 Å². The van der Waals surface area contributed by atoms with Crippen LogP contribution >= 0.6 is 11.3 Å². The van der Waals surface area contributed by atoms with Crippen molar-refractivity contribution in [2.75, 3.05) is 0 Å². The normalized spacial score (nSPS) is 12.8. The van der Waals surface area contributed by atoms with Gasteiger partial charge in [0.2, 0.25) is 0 Å². The number of thiophene rings is 1. The Morgan fingerprint density at radius 3 is 1.50 bits per heavy atom. The van der Waals surface area contributed by atoms with Crippen molar-refractivity contribution in [3.63, 3.8) is 0 Å². The first-order valence-electron chi connectivity index (χ1n) is 18.9. The standard InChI is InChI=1S/C52H33N3S/c1-5-17-34(18-6-1)49-53-50(35-19-7-2-8-20-35)55-51(54-49)37-31-43(48-42-26-14-16-28-46(42)56-47(48)33-37)36-29-30-41-40-25-13-15-27-44(40)52(45(41)32-36,38-21-9-3-10-22-38)39-23-11-4-12-24-39/h1-33H. The second-order valence-corrected chi connectivity index (χ2v) is 15.4. The van der Waals surface area contributed by atoms with Crippen LogP contribution in [0.25, 0.3) is 76.6 Å². The van der Waals surface area contributed by atoms with Gasteiger partial charge in [-0.05, 0) is 68.8 Å². The summed E-state index contributed by atoms with van der Waals surface area (Å²) < 4.78 is 2.45. The highest BCUT2D eigenvalue weighted by Gasteiger charge is 2.46. The number of benzene rings is 8. The SMILES string of the molecule is c1ccc(-c2nc(-c3ccccc3)nc(-c3cc(-c4ccc5c(c4)C(c4ccccc4)(c4ccccc4)c4ccccc4-5)c4c(c3)sc3ccccc34)n2)cc1. The van der Waals surface area contributed by atoms with E-state index >= 15 is 0 Å². The molecular weight excluding hydrogens is 699 g/mol. The number of nitrogens with zero attached hydrogens (tertiary/aromatic N) is 3. The van der Waals surface area contributed by atoms with Gasteiger partial charge in [0.05, 0.1) is 5.41 Å². The lowest BCUT2D eigenvalue weighted by Gasteiger charge is -2.34. The maximum atomic E-state index is 5.16. The summed E-state index contributed by atoms with van der Waals surface area (Å²) in [6, 6.07) is 71.8. The maximum absolute atomic E-state index is 5.16. The van der Waals surface area contributed by atoms with Crippen LogP contribution in [0.2, 0.25) is 0 Å². The smallest absolute Gasteiger partial charge is 0.164 e. The van der Waals surface area contributed by atoms with E-state index < -0.39 is 5.41 Å². The van der Waals surface area contributed by atoms with Crippen LogP contribution in [0.5, 0.6) is 0 Å². The van der Waals surface area contributed by atoms with Crippen LogP contribution < -0.4 is 0 Å². The average molecular weight is 732 g/mol. The lowest BCUT2D eigenvalue weighted by molar-refractivity contribution is 0.769. The number of rotatable bonds is 6. The Bertz CT molecular complexity index is 2970. The summed E-state index contributed by atoms with van der Waals surface area (Å²) >= 11 is 1.82. The van der Waals surface area contributed by atoms with Crippen molar-refractivity contribution in [2.45, 2.75) is 5.41 Å². The number of hydrogen-bond donors (Lipinski definition) is 0. The molecule has 4 heteroatoms. The maximum Gasteiger partial charge on any atom is 0.164 e. The van der Waals surface area contributed by atoms with Crippen molar-refractivity contribution in [1.29, 1.82) is 0 Å². The summed E-state index contributed by atoms with van der Waals surface area (Å²) in [7, 11) is 0. The molecule has 0 aliphatic heterocycles. The lowest BCUT2D eigenvalue weighted by atomic mass is 9.67. The fourth-order valence-corrected chi connectivity index (χ4v) is 9.93. The van der Waals surface area contributed by atoms with E-state index in [4.69, 9.17) is 15.0 Å². The molecule has 0 unspecified atom stereocenters. The Labute approximate surface area is 329 Å². The predicted molar refractivity (Wildman–Crippen MR) is 232 cm³/mol. The van der Waals surface area contributed by atoms with Gasteiger partial charge >= 0.3 is 0 Å². The molecule has 1 aliphatic carbocycles. The van der Waals surface area contributed by atoms with E-state index in [2.05, 4.69) is 164 Å². The largest absolute Gasteiger partial charge is 0.208 e. The summed E-state index contributed by atoms with van der Waals surface area (Å²) in [6.07, 6.45) is 0. The van der Waals surface area contributed by atoms with Crippen molar-refractivity contribution in [1.82, 2.24) is 15.0 Å². The fourth-order valence-electron chi connectivity index (χ4n) is 8.76. The van der Waals surface area contributed by atoms with Crippen LogP contribution in [0.15, 0.2) is 200 Å². The zero-order chi connectivity index (χ0) is 37.1. The molecule has 0 fully saturated rings. The highest BCUT2D eigenvalue weighted by atomic mass is 32.1. The topological polar surface area (TPSA) is 38.7 Å². The average Bonchev–Trinajstić information content (AvgIpc) is 3.81. The van der Waals surface area contributed by atoms with Gasteiger partial charge < -0.3 is 0 Å². The molecular formula is C52H33N3S. The molecule has 11 rings (SSSR count). The van der Waals surface area contributed by atoms with Gasteiger partial charge in [-0.1, -0.05) is 176 Å². The van der Waals surface area contributed by atoms with Crippen molar-refractivity contribution in [2.24, 2.45) is 0 Å². The molecule has 0 N–H and O–H groups in total. The zero-order valence-corrected chi connectivity index (χ0v) is 31.1. The molecule has 0 amide bonds. The minimum absolute atomic E-state index is 0.499. The summed E-state index contributed by atoms with van der Waals surface area (Å²) in [6.45, 7) is 0. The van der Waals surface area contributed by atoms with Gasteiger partial charge in [-0.25, -0.2) is 15.0 Å². The second kappa shape index (κ2) is 13.1. The Morgan fingerprint density at radius 1 is 0.339 bits per heavy atom. The third-order valence-corrected chi connectivity index (χ3v) is 12.3. The summed E-state index contributed by atoms with van der Waals surface area (Å²) in [5.41, 5.74) is 12.3. The Balaban J connectivity index is 1.20. The van der Waals surface area contributed by atoms with E-state index in [-0.39, 0.29) is 0 Å². The molecule has 0 saturated carbocycles. The number of hydrogen-bond acceptors (Lipinski definition) is 4. The van der Waals surface area contributed by atoms with E-state index in [1.165, 1.54) is 53.6 Å². The molecule has 3 nitrogen and oxygen atoms in total. The van der Waals surface area contributed by atoms with Crippen LogP contribution in [0.3, 0.4) is 0 Å². The molecule has 0 saturated heterocycles. The molecule has 0 atom stereocenters. The highest BCUT2D eigenvalue weighted by Crippen LogP contribution is 2.57. The Morgan fingerprint density at radius 2 is 0.857 bits per heavy atom. The van der Waals surface area contributed by atoms with E-state index in [1.54, 1.807) is 0 Å². The van der Waals surface area contributed by atoms with Gasteiger partial charge in [0, 0.05) is 36.9 Å². The molecule has 0 spiro atoms. The van der Waals surface area contributed by atoms with Gasteiger partial charge in [0.15, 0.2) is 17.5 Å². The van der Waals surface area contributed by atoms with Gasteiger partial charge in [0.1, 0.15) is 0 Å². The first-order chi connectivity index (χ1) is 27.8. The summed E-state index contributed by atoms with van der Waals surface area (Å²) in [5.74, 6) is 1.95. The summed E-state index contributed by atoms with van der Waals surface area (Å²) in [5, 5.41) is 2.50. The predicted octanol–water partition coefficient (Wildman–Crippen LogP) is 13.3. The number of aromatic nitrogens is 3. The van der Waals surface area contributed by atoms with Crippen LogP contribution in [0, 0.1) is 0 Å². The van der Waals surface area contributed by atoms with Crippen LogP contribution in [-0.2, 0) is 5.41 Å². The molecule has 56 heavy (non-hydrogen) atoms. The molecule has 262 valence electrons. The fraction of sp³-hybridized carbons (Fsp3) is 0.0192. The zero-order valence-electron chi connectivity index (χ0n) is 30.3. The van der Waals surface area contributed by atoms with E-state index in [1.807, 2.05) is 47.7 Å². The van der Waals surface area contributed by atoms with Gasteiger partial charge in [0.25, 0.3) is 0 Å². The van der Waals surface area contributed by atoms with Crippen LogP contribution in [0.1, 0.15) is 22.3 Å². The first kappa shape index (κ1) is 32.4. The molecule has 0 radical (unpaired) electrons. The van der Waals surface area contributed by atoms with Crippen LogP contribution in [-0.4, -0.2) is 15.0 Å². The number of fused-ring (bicyclic) bond motifs is 6. The quantitative estimate of drug-likeness (QED) is 0.171. The lowest BCUT2D eigenvalue weighted by Crippen LogP contribution is -2.28. The van der Waals surface area contributed by atoms with Crippen LogP contribution in [0.4, 0.5) is 0 Å². The Hall–Kier alpha value is -7.01.